The predicted molar refractivity (Wildman–Crippen MR) is 58.8 cm³/mol. The largest absolute Gasteiger partial charge is 0.376 e. The van der Waals surface area contributed by atoms with E-state index in [1.807, 2.05) is 11.9 Å². The molecule has 5 heteroatoms. The third-order valence-corrected chi connectivity index (χ3v) is 1.80. The summed E-state index contributed by atoms with van der Waals surface area (Å²) in [5.41, 5.74) is 5.41. The van der Waals surface area contributed by atoms with Gasteiger partial charge in [0.2, 0.25) is 5.96 Å². The van der Waals surface area contributed by atoms with E-state index in [0.717, 1.165) is 13.0 Å². The molecule has 0 aromatic rings. The molecule has 0 aromatic heterocycles. The first-order valence-corrected chi connectivity index (χ1v) is 4.59. The normalized spacial score (nSPS) is 11.3. The third kappa shape index (κ3) is 4.25. The lowest BCUT2D eigenvalue weighted by Crippen LogP contribution is -2.41. The minimum atomic E-state index is -0.0698. The maximum absolute atomic E-state index is 8.97. The molecule has 0 fully saturated rings. The van der Waals surface area contributed by atoms with E-state index < -0.39 is 0 Å². The minimum absolute atomic E-state index is 0.0698. The molecule has 5 nitrogen and oxygen atoms in total. The van der Waals surface area contributed by atoms with Crippen LogP contribution in [0, 0.1) is 0 Å². The van der Waals surface area contributed by atoms with Gasteiger partial charge in [-0.1, -0.05) is 6.58 Å². The first kappa shape index (κ1) is 12.9. The lowest BCUT2D eigenvalue weighted by atomic mass is 10.4. The summed E-state index contributed by atoms with van der Waals surface area (Å²) in [5.74, 6) is 0.691. The van der Waals surface area contributed by atoms with Gasteiger partial charge in [-0.15, -0.1) is 0 Å². The fraction of sp³-hybridized carbons (Fsp3) is 0.667. The van der Waals surface area contributed by atoms with Crippen LogP contribution in [-0.4, -0.2) is 54.8 Å². The van der Waals surface area contributed by atoms with Crippen LogP contribution >= 0.6 is 0 Å². The number of guanidine groups is 1. The Kier molecular flexibility index (Phi) is 6.78. The van der Waals surface area contributed by atoms with Gasteiger partial charge in [-0.3, -0.25) is 0 Å². The number of hydrogen-bond donors (Lipinski definition) is 2. The molecule has 0 atom stereocenters. The van der Waals surface area contributed by atoms with Crippen molar-refractivity contribution in [2.24, 2.45) is 10.7 Å². The Balaban J connectivity index is 4.33. The van der Waals surface area contributed by atoms with Gasteiger partial charge >= 0.3 is 0 Å². The second kappa shape index (κ2) is 7.34. The average molecular weight is 200 g/mol. The fourth-order valence-electron chi connectivity index (χ4n) is 1.06. The number of nitrogens with zero attached hydrogens (tertiary/aromatic N) is 3. The molecule has 0 aromatic carbocycles. The van der Waals surface area contributed by atoms with E-state index in [-0.39, 0.29) is 6.73 Å². The summed E-state index contributed by atoms with van der Waals surface area (Å²) in [7, 11) is 3.67. The Morgan fingerprint density at radius 1 is 1.50 bits per heavy atom. The highest BCUT2D eigenvalue weighted by Crippen LogP contribution is 1.95. The summed E-state index contributed by atoms with van der Waals surface area (Å²) < 4.78 is 0. The van der Waals surface area contributed by atoms with Crippen LogP contribution in [0.25, 0.3) is 0 Å². The van der Waals surface area contributed by atoms with Crippen LogP contribution in [-0.2, 0) is 0 Å². The van der Waals surface area contributed by atoms with Crippen molar-refractivity contribution in [2.75, 3.05) is 33.9 Å². The van der Waals surface area contributed by atoms with Crippen molar-refractivity contribution >= 4 is 5.96 Å². The molecule has 82 valence electrons. The highest BCUT2D eigenvalue weighted by Gasteiger charge is 2.09. The summed E-state index contributed by atoms with van der Waals surface area (Å²) in [6, 6.07) is 0. The predicted octanol–water partition coefficient (Wildman–Crippen LogP) is -0.352. The molecule has 3 N–H and O–H groups in total. The average Bonchev–Trinajstić information content (AvgIpc) is 2.21. The molecule has 0 bridgehead atoms. The quantitative estimate of drug-likeness (QED) is 0.362. The molecule has 0 aliphatic rings. The van der Waals surface area contributed by atoms with Gasteiger partial charge in [-0.05, 0) is 13.0 Å². The van der Waals surface area contributed by atoms with Gasteiger partial charge in [0.15, 0.2) is 0 Å². The van der Waals surface area contributed by atoms with E-state index in [1.165, 1.54) is 6.20 Å². The second-order valence-corrected chi connectivity index (χ2v) is 3.01. The molecule has 14 heavy (non-hydrogen) atoms. The Bertz CT molecular complexity index is 193. The number of rotatable bonds is 5. The van der Waals surface area contributed by atoms with Crippen LogP contribution < -0.4 is 5.73 Å². The smallest absolute Gasteiger partial charge is 0.202 e. The van der Waals surface area contributed by atoms with Gasteiger partial charge in [0, 0.05) is 26.8 Å². The van der Waals surface area contributed by atoms with Crippen molar-refractivity contribution in [2.45, 2.75) is 6.42 Å². The van der Waals surface area contributed by atoms with Crippen molar-refractivity contribution in [3.05, 3.63) is 12.8 Å². The summed E-state index contributed by atoms with van der Waals surface area (Å²) in [6.07, 6.45) is 2.35. The minimum Gasteiger partial charge on any atom is -0.376 e. The monoisotopic (exact) mass is 200 g/mol. The van der Waals surface area contributed by atoms with E-state index in [2.05, 4.69) is 11.6 Å². The van der Waals surface area contributed by atoms with Gasteiger partial charge in [0.1, 0.15) is 6.73 Å². The molecule has 0 aliphatic heterocycles. The van der Waals surface area contributed by atoms with Crippen molar-refractivity contribution in [1.82, 2.24) is 9.80 Å². The number of aliphatic hydroxyl groups is 1. The highest BCUT2D eigenvalue weighted by molar-refractivity contribution is 5.80. The Morgan fingerprint density at radius 2 is 2.14 bits per heavy atom. The van der Waals surface area contributed by atoms with Crippen molar-refractivity contribution in [3.63, 3.8) is 0 Å². The standard InChI is InChI=1S/C9H20N4O/c1-4-11-9(13(3)8-14)12(2)7-5-6-10/h4,14H,1,5-8,10H2,2-3H3/b11-9-. The number of hydrogen-bond acceptors (Lipinski definition) is 3. The SMILES string of the molecule is C=C/N=C(\N(C)CO)N(C)CCCN. The summed E-state index contributed by atoms with van der Waals surface area (Å²) in [4.78, 5) is 7.65. The first-order chi connectivity index (χ1) is 6.67. The molecule has 0 amide bonds. The number of aliphatic hydroxyl groups excluding tert-OH is 1. The number of aliphatic imine (C=N–C) groups is 1. The maximum atomic E-state index is 8.97. The zero-order valence-electron chi connectivity index (χ0n) is 8.98. The third-order valence-electron chi connectivity index (χ3n) is 1.80. The summed E-state index contributed by atoms with van der Waals surface area (Å²) in [5, 5.41) is 8.97. The molecule has 0 rings (SSSR count). The Hall–Kier alpha value is -1.07. The topological polar surface area (TPSA) is 65.1 Å². The lowest BCUT2D eigenvalue weighted by molar-refractivity contribution is 0.178. The number of nitrogens with two attached hydrogens (primary N) is 1. The molecule has 0 saturated carbocycles. The summed E-state index contributed by atoms with van der Waals surface area (Å²) >= 11 is 0. The van der Waals surface area contributed by atoms with E-state index >= 15 is 0 Å². The fourth-order valence-corrected chi connectivity index (χ4v) is 1.06. The van der Waals surface area contributed by atoms with Crippen LogP contribution in [0.2, 0.25) is 0 Å². The van der Waals surface area contributed by atoms with E-state index in [9.17, 15) is 0 Å². The molecule has 0 spiro atoms. The zero-order valence-corrected chi connectivity index (χ0v) is 8.98. The van der Waals surface area contributed by atoms with Crippen molar-refractivity contribution in [1.29, 1.82) is 0 Å². The zero-order chi connectivity index (χ0) is 11.0. The molecule has 0 aliphatic carbocycles. The molecule has 0 radical (unpaired) electrons. The summed E-state index contributed by atoms with van der Waals surface area (Å²) in [6.45, 7) is 4.92. The second-order valence-electron chi connectivity index (χ2n) is 3.01. The van der Waals surface area contributed by atoms with Crippen LogP contribution in [0.3, 0.4) is 0 Å². The molecular formula is C9H20N4O. The molecule has 0 saturated heterocycles. The van der Waals surface area contributed by atoms with Gasteiger partial charge in [-0.2, -0.15) is 0 Å². The van der Waals surface area contributed by atoms with Crippen LogP contribution in [0.15, 0.2) is 17.8 Å². The molecular weight excluding hydrogens is 180 g/mol. The van der Waals surface area contributed by atoms with Gasteiger partial charge in [0.25, 0.3) is 0 Å². The van der Waals surface area contributed by atoms with Crippen LogP contribution in [0.1, 0.15) is 6.42 Å². The highest BCUT2D eigenvalue weighted by atomic mass is 16.3. The first-order valence-electron chi connectivity index (χ1n) is 4.59. The van der Waals surface area contributed by atoms with Crippen molar-refractivity contribution < 1.29 is 5.11 Å². The van der Waals surface area contributed by atoms with Gasteiger partial charge in [0.05, 0.1) is 0 Å². The molecule has 0 unspecified atom stereocenters. The van der Waals surface area contributed by atoms with Crippen LogP contribution in [0.4, 0.5) is 0 Å². The maximum Gasteiger partial charge on any atom is 0.202 e. The molecule has 0 heterocycles. The van der Waals surface area contributed by atoms with Crippen LogP contribution in [0.5, 0.6) is 0 Å². The van der Waals surface area contributed by atoms with Gasteiger partial charge in [-0.25, -0.2) is 4.99 Å². The van der Waals surface area contributed by atoms with Crippen molar-refractivity contribution in [3.8, 4) is 0 Å². The lowest BCUT2D eigenvalue weighted by Gasteiger charge is -2.27. The van der Waals surface area contributed by atoms with E-state index in [1.54, 1.807) is 11.9 Å². The van der Waals surface area contributed by atoms with E-state index in [0.29, 0.717) is 12.5 Å². The van der Waals surface area contributed by atoms with Gasteiger partial charge < -0.3 is 20.6 Å². The Labute approximate surface area is 85.5 Å². The Morgan fingerprint density at radius 3 is 2.57 bits per heavy atom. The van der Waals surface area contributed by atoms with E-state index in [4.69, 9.17) is 10.8 Å².